The molecule has 0 aliphatic heterocycles. The monoisotopic (exact) mass is 1870 g/mol. The molecule has 9 nitrogen and oxygen atoms in total. The highest BCUT2D eigenvalue weighted by atomic mass is 35.5. The molecular formula is C128H102ClFNO8P. The molecule has 0 spiro atoms. The summed E-state index contributed by atoms with van der Waals surface area (Å²) in [4.78, 5) is 86.2. The highest BCUT2D eigenvalue weighted by Gasteiger charge is 2.37. The second-order valence-corrected chi connectivity index (χ2v) is 40.0. The largest absolute Gasteiger partial charge is 0.294 e. The Labute approximate surface area is 822 Å². The summed E-state index contributed by atoms with van der Waals surface area (Å²) in [6, 6.07) is 131. The minimum atomic E-state index is -0.824. The second-order valence-electron chi connectivity index (χ2n) is 37.4. The van der Waals surface area contributed by atoms with Gasteiger partial charge in [-0.3, -0.25) is 38.9 Å². The predicted molar refractivity (Wildman–Crippen MR) is 571 cm³/mol. The van der Waals surface area contributed by atoms with Crippen LogP contribution in [0.4, 0.5) is 10.1 Å². The molecule has 6 aliphatic rings. The van der Waals surface area contributed by atoms with Crippen LogP contribution in [-0.4, -0.2) is 39.6 Å². The maximum atomic E-state index is 13.1. The number of hydrogen-bond acceptors (Lipinski definition) is 8. The summed E-state index contributed by atoms with van der Waals surface area (Å²) in [5, 5.41) is 20.3. The molecule has 6 aliphatic carbocycles. The lowest BCUT2D eigenvalue weighted by molar-refractivity contribution is -0.384. The third-order valence-corrected chi connectivity index (χ3v) is 30.5. The van der Waals surface area contributed by atoms with Crippen LogP contribution in [0.1, 0.15) is 142 Å². The number of benzene rings is 18. The van der Waals surface area contributed by atoms with Crippen LogP contribution < -0.4 is 15.9 Å². The molecule has 5 atom stereocenters. The van der Waals surface area contributed by atoms with E-state index in [2.05, 4.69) is 250 Å². The second kappa shape index (κ2) is 41.1. The van der Waals surface area contributed by atoms with Gasteiger partial charge in [0, 0.05) is 86.5 Å². The third-order valence-electron chi connectivity index (χ3n) is 27.9. The summed E-state index contributed by atoms with van der Waals surface area (Å²) < 4.78 is 12.9. The standard InChI is InChI=1S/C28H22NO3P.C26H20O.C22H18O.C20H16O.C16H13ClO.C16H13FO/c1-19-16-21-17-25(33(23-8-4-2-5-9-23)24-10-6-3-7-11-24)18-26(27(21)28(19)30)20-12-14-22(15-13-20)29(31)32;1-17-14-21-15-20(18-8-3-2-4-9-18)16-24(25(21)26(17)27)23-13-7-11-19-10-5-6-12-22(19)23;1-15-12-19-13-18(16-8-4-2-5-9-16)14-20(21(19)22(15)23)17-10-6-3-7-11-17;1-13-9-10-18(20-15(13)11-12-19(20)21)17-8-4-6-14-5-2-3-7-16(14)17;1-10-7-12-8-13(17)9-14(15(12)16(10)18)11-5-3-2-4-6-11;1-10-9-12-3-2-4-14(15(12)16(10)18)11-5-7-13(17)8-6-11/h2-15,17-19H,16H2,1H3;2-13,15-17H,14H2,1H3;2-11,13-15H,12H2,1H3;2-10H,11-12H2,1H3;2-6,8-10H,7H2,1H3;2-8,10H,9H2,1H3. The molecule has 140 heavy (non-hydrogen) atoms. The molecule has 0 N–H and O–H groups in total. The summed E-state index contributed by atoms with van der Waals surface area (Å²) >= 11 is 6.16. The summed E-state index contributed by atoms with van der Waals surface area (Å²) in [5.74, 6) is 1.36. The van der Waals surface area contributed by atoms with E-state index in [1.54, 1.807) is 24.3 Å². The van der Waals surface area contributed by atoms with Gasteiger partial charge < -0.3 is 0 Å². The van der Waals surface area contributed by atoms with Gasteiger partial charge in [0.2, 0.25) is 0 Å². The van der Waals surface area contributed by atoms with Crippen LogP contribution in [0, 0.1) is 52.4 Å². The number of rotatable bonds is 12. The van der Waals surface area contributed by atoms with Gasteiger partial charge in [-0.15, -0.1) is 0 Å². The zero-order valence-electron chi connectivity index (χ0n) is 78.8. The molecule has 0 bridgehead atoms. The van der Waals surface area contributed by atoms with Crippen molar-refractivity contribution in [2.45, 2.75) is 86.5 Å². The molecular weight excluding hydrogens is 1760 g/mol. The molecule has 0 amide bonds. The molecule has 12 heteroatoms. The lowest BCUT2D eigenvalue weighted by Crippen LogP contribution is -2.21. The molecule has 686 valence electrons. The number of aryl methyl sites for hydroxylation is 1. The van der Waals surface area contributed by atoms with E-state index in [1.807, 2.05) is 138 Å². The van der Waals surface area contributed by atoms with Gasteiger partial charge >= 0.3 is 0 Å². The molecule has 18 aromatic carbocycles. The molecule has 18 aromatic rings. The van der Waals surface area contributed by atoms with Crippen molar-refractivity contribution in [1.82, 2.24) is 0 Å². The van der Waals surface area contributed by atoms with Gasteiger partial charge in [-0.25, -0.2) is 4.39 Å². The van der Waals surface area contributed by atoms with E-state index in [-0.39, 0.29) is 75.8 Å². The van der Waals surface area contributed by atoms with Gasteiger partial charge in [0.15, 0.2) is 34.7 Å². The highest BCUT2D eigenvalue weighted by molar-refractivity contribution is 7.79. The number of nitrogens with zero attached hydrogens (tertiary/aromatic N) is 1. The van der Waals surface area contributed by atoms with Crippen LogP contribution in [0.5, 0.6) is 0 Å². The zero-order valence-corrected chi connectivity index (χ0v) is 80.4. The molecule has 0 fully saturated rings. The molecule has 24 rings (SSSR count). The number of halogens is 2. The van der Waals surface area contributed by atoms with Crippen molar-refractivity contribution in [1.29, 1.82) is 0 Å². The summed E-state index contributed by atoms with van der Waals surface area (Å²) in [6.07, 6.45) is 5.53. The van der Waals surface area contributed by atoms with Crippen molar-refractivity contribution in [2.75, 3.05) is 0 Å². The topological polar surface area (TPSA) is 146 Å². The van der Waals surface area contributed by atoms with Crippen molar-refractivity contribution in [2.24, 2.45) is 29.6 Å². The van der Waals surface area contributed by atoms with Crippen LogP contribution in [0.2, 0.25) is 5.02 Å². The SMILES string of the molecule is CC1Cc2cc(-c3ccccc3)cc(-c3cccc4ccccc34)c2C1=O.CC1Cc2cc(-c3ccccc3)cc(-c3ccccc3)c2C1=O.CC1Cc2cc(Cl)cc(-c3ccccc3)c2C1=O.CC1Cc2cc(P(c3ccccc3)c3ccccc3)cc(-c3ccc([N+](=O)[O-])cc3)c2C1=O.CC1Cc2cccc(-c3ccc(F)cc3)c2C1=O.Cc1ccc(-c2cccc3ccccc23)c2c1CCC2=O. The normalized spacial score (nSPS) is 15.9. The van der Waals surface area contributed by atoms with Gasteiger partial charge in [0.25, 0.3) is 5.69 Å². The molecule has 0 aromatic heterocycles. The minimum absolute atomic E-state index is 0.0436. The van der Waals surface area contributed by atoms with Crippen molar-refractivity contribution in [3.05, 3.63) is 488 Å². The maximum Gasteiger partial charge on any atom is 0.269 e. The summed E-state index contributed by atoms with van der Waals surface area (Å²) in [7, 11) is -0.824. The van der Waals surface area contributed by atoms with Gasteiger partial charge in [0.1, 0.15) is 5.82 Å². The number of nitro benzene ring substituents is 1. The summed E-state index contributed by atoms with van der Waals surface area (Å²) in [5.41, 5.74) is 30.3. The van der Waals surface area contributed by atoms with E-state index in [9.17, 15) is 43.3 Å². The van der Waals surface area contributed by atoms with Gasteiger partial charge in [-0.1, -0.05) is 368 Å². The van der Waals surface area contributed by atoms with Crippen LogP contribution in [-0.2, 0) is 38.5 Å². The van der Waals surface area contributed by atoms with Gasteiger partial charge in [0.05, 0.1) is 4.92 Å². The Hall–Kier alpha value is -15.5. The number of nitro groups is 1. The first kappa shape index (κ1) is 93.6. The van der Waals surface area contributed by atoms with Crippen molar-refractivity contribution < 1.29 is 38.1 Å². The summed E-state index contributed by atoms with van der Waals surface area (Å²) in [6.45, 7) is 12.1. The van der Waals surface area contributed by atoms with Crippen LogP contribution >= 0.6 is 19.5 Å². The number of non-ortho nitro benzene ring substituents is 1. The zero-order chi connectivity index (χ0) is 96.9. The fraction of sp³-hybridized carbons (Fsp3) is 0.141. The Kier molecular flexibility index (Phi) is 27.4. The number of carbonyl (C=O) groups is 6. The fourth-order valence-corrected chi connectivity index (χ4v) is 23.6. The molecule has 0 heterocycles. The van der Waals surface area contributed by atoms with Crippen LogP contribution in [0.25, 0.3) is 111 Å². The average Bonchev–Trinajstić information content (AvgIpc) is 1.43. The molecule has 0 radical (unpaired) electrons. The number of ketones is 6. The van der Waals surface area contributed by atoms with E-state index in [0.717, 1.165) is 150 Å². The predicted octanol–water partition coefficient (Wildman–Crippen LogP) is 30.5. The number of hydrogen-bond donors (Lipinski definition) is 0. The lowest BCUT2D eigenvalue weighted by Gasteiger charge is -2.21. The van der Waals surface area contributed by atoms with Crippen molar-refractivity contribution >= 4 is 97.4 Å². The van der Waals surface area contributed by atoms with Crippen LogP contribution in [0.3, 0.4) is 0 Å². The smallest absolute Gasteiger partial charge is 0.269 e. The number of Topliss-reactive ketones (excluding diaryl/α,β-unsaturated/α-hetero) is 6. The minimum Gasteiger partial charge on any atom is -0.294 e. The Balaban J connectivity index is 0.000000108. The Morgan fingerprint density at radius 2 is 0.636 bits per heavy atom. The number of carbonyl (C=O) groups excluding carboxylic acids is 6. The number of fused-ring (bicyclic) bond motifs is 8. The first-order chi connectivity index (χ1) is 68.1. The quantitative estimate of drug-likeness (QED) is 0.0668. The highest BCUT2D eigenvalue weighted by Crippen LogP contribution is 2.47. The first-order valence-electron chi connectivity index (χ1n) is 48.0. The average molecular weight is 1870 g/mol. The first-order valence-corrected chi connectivity index (χ1v) is 49.7. The van der Waals surface area contributed by atoms with Crippen molar-refractivity contribution in [3.63, 3.8) is 0 Å². The van der Waals surface area contributed by atoms with E-state index < -0.39 is 12.8 Å². The Bertz CT molecular complexity index is 7800. The van der Waals surface area contributed by atoms with E-state index in [0.29, 0.717) is 11.4 Å². The molecule has 0 saturated carbocycles. The Morgan fingerprint density at radius 3 is 1.11 bits per heavy atom. The van der Waals surface area contributed by atoms with E-state index >= 15 is 0 Å². The van der Waals surface area contributed by atoms with E-state index in [1.165, 1.54) is 112 Å². The fourth-order valence-electron chi connectivity index (χ4n) is 21.0. The van der Waals surface area contributed by atoms with E-state index in [4.69, 9.17) is 11.6 Å². The van der Waals surface area contributed by atoms with Crippen molar-refractivity contribution in [3.8, 4) is 89.0 Å². The maximum absolute atomic E-state index is 13.1. The van der Waals surface area contributed by atoms with Gasteiger partial charge in [-0.05, 0) is 279 Å². The Morgan fingerprint density at radius 1 is 0.286 bits per heavy atom. The molecule has 0 saturated heterocycles. The van der Waals surface area contributed by atoms with Gasteiger partial charge in [-0.2, -0.15) is 0 Å². The molecule has 5 unspecified atom stereocenters. The lowest BCUT2D eigenvalue weighted by atomic mass is 9.89. The van der Waals surface area contributed by atoms with Crippen LogP contribution in [0.15, 0.2) is 394 Å². The third kappa shape index (κ3) is 19.3.